The molecule has 0 bridgehead atoms. The number of aromatic nitrogens is 5. The van der Waals surface area contributed by atoms with Crippen molar-refractivity contribution in [3.8, 4) is 11.1 Å². The fourth-order valence-corrected chi connectivity index (χ4v) is 2.77. The Morgan fingerprint density at radius 2 is 2.11 bits per heavy atom. The summed E-state index contributed by atoms with van der Waals surface area (Å²) >= 11 is 0. The predicted octanol–water partition coefficient (Wildman–Crippen LogP) is 2.15. The highest BCUT2D eigenvalue weighted by atomic mass is 19.3. The summed E-state index contributed by atoms with van der Waals surface area (Å²) in [6.45, 7) is 2.70. The second kappa shape index (κ2) is 8.09. The number of benzene rings is 1. The number of nitrogens with zero attached hydrogens (tertiary/aromatic N) is 4. The number of aryl methyl sites for hydroxylation is 1. The zero-order valence-corrected chi connectivity index (χ0v) is 14.8. The first kappa shape index (κ1) is 18.7. The van der Waals surface area contributed by atoms with Gasteiger partial charge in [-0.2, -0.15) is 19.0 Å². The van der Waals surface area contributed by atoms with Crippen LogP contribution < -0.4 is 11.4 Å². The average Bonchev–Trinajstić information content (AvgIpc) is 3.28. The van der Waals surface area contributed by atoms with Crippen LogP contribution in [0.1, 0.15) is 18.3 Å². The largest absolute Gasteiger partial charge is 0.343 e. The summed E-state index contributed by atoms with van der Waals surface area (Å²) in [5.41, 5.74) is 7.44. The van der Waals surface area contributed by atoms with E-state index in [-0.39, 0.29) is 30.9 Å². The second-order valence-electron chi connectivity index (χ2n) is 6.06. The number of hydrogen-bond acceptors (Lipinski definition) is 4. The van der Waals surface area contributed by atoms with Gasteiger partial charge in [-0.25, -0.2) is 9.89 Å². The van der Waals surface area contributed by atoms with Crippen molar-refractivity contribution in [2.45, 2.75) is 26.4 Å². The third-order valence-corrected chi connectivity index (χ3v) is 4.28. The van der Waals surface area contributed by atoms with Gasteiger partial charge in [0.1, 0.15) is 5.82 Å². The fraction of sp³-hybridized carbons (Fsp3) is 0.278. The Morgan fingerprint density at radius 3 is 2.78 bits per heavy atom. The molecule has 9 heteroatoms. The molecule has 27 heavy (non-hydrogen) atoms. The number of H-pyrrole nitrogens is 1. The van der Waals surface area contributed by atoms with Crippen LogP contribution in [0.2, 0.25) is 0 Å². The normalized spacial score (nSPS) is 11.0. The average molecular weight is 374 g/mol. The van der Waals surface area contributed by atoms with Crippen LogP contribution in [0.5, 0.6) is 0 Å². The van der Waals surface area contributed by atoms with Crippen molar-refractivity contribution in [1.82, 2.24) is 24.5 Å². The molecule has 0 saturated carbocycles. The second-order valence-corrected chi connectivity index (χ2v) is 6.06. The number of aromatic amines is 1. The van der Waals surface area contributed by atoms with Crippen molar-refractivity contribution in [1.29, 1.82) is 0 Å². The van der Waals surface area contributed by atoms with Crippen molar-refractivity contribution in [2.75, 3.05) is 6.54 Å². The molecule has 0 aliphatic heterocycles. The van der Waals surface area contributed by atoms with Gasteiger partial charge in [-0.3, -0.25) is 9.25 Å². The van der Waals surface area contributed by atoms with Crippen LogP contribution >= 0.6 is 0 Å². The number of rotatable bonds is 7. The number of nitrogens with two attached hydrogens (primary N) is 1. The molecule has 142 valence electrons. The van der Waals surface area contributed by atoms with Gasteiger partial charge in [0.2, 0.25) is 0 Å². The molecule has 2 heterocycles. The third-order valence-electron chi connectivity index (χ3n) is 4.28. The van der Waals surface area contributed by atoms with Gasteiger partial charge in [0.25, 0.3) is 6.08 Å². The summed E-state index contributed by atoms with van der Waals surface area (Å²) in [4.78, 5) is 12.1. The molecule has 0 aliphatic carbocycles. The van der Waals surface area contributed by atoms with Crippen LogP contribution in [-0.4, -0.2) is 31.1 Å². The molecular weight excluding hydrogens is 354 g/mol. The molecule has 0 unspecified atom stereocenters. The molecule has 0 atom stereocenters. The molecule has 0 spiro atoms. The number of halogens is 2. The van der Waals surface area contributed by atoms with E-state index in [4.69, 9.17) is 5.73 Å². The van der Waals surface area contributed by atoms with Crippen LogP contribution in [0.4, 0.5) is 8.78 Å². The SMILES string of the molecule is CCn1cc(-c2cccc(Cn3c(CC(CN)=C(F)F)n[nH]c3=O)c2)cn1. The lowest BCUT2D eigenvalue weighted by Crippen LogP contribution is -2.20. The van der Waals surface area contributed by atoms with Gasteiger partial charge in [0.15, 0.2) is 0 Å². The van der Waals surface area contributed by atoms with Crippen molar-refractivity contribution in [3.63, 3.8) is 0 Å². The van der Waals surface area contributed by atoms with Crippen LogP contribution in [-0.2, 0) is 19.5 Å². The van der Waals surface area contributed by atoms with Crippen molar-refractivity contribution >= 4 is 0 Å². The summed E-state index contributed by atoms with van der Waals surface area (Å²) < 4.78 is 28.9. The molecule has 2 aromatic heterocycles. The number of hydrogen-bond donors (Lipinski definition) is 2. The van der Waals surface area contributed by atoms with Gasteiger partial charge in [-0.05, 0) is 24.1 Å². The lowest BCUT2D eigenvalue weighted by molar-refractivity contribution is 0.407. The molecular formula is C18H20F2N6O. The summed E-state index contributed by atoms with van der Waals surface area (Å²) in [7, 11) is 0. The summed E-state index contributed by atoms with van der Waals surface area (Å²) in [5, 5.41) is 10.4. The molecule has 3 rings (SSSR count). The Labute approximate surface area is 154 Å². The maximum absolute atomic E-state index is 12.9. The predicted molar refractivity (Wildman–Crippen MR) is 97.3 cm³/mol. The van der Waals surface area contributed by atoms with Gasteiger partial charge < -0.3 is 5.73 Å². The Balaban J connectivity index is 1.88. The standard InChI is InChI=1S/C18H20F2N6O/c1-2-25-11-15(9-22-25)13-5-3-4-12(6-13)10-26-16(23-24-18(26)27)7-14(8-21)17(19)20/h3-6,9,11H,2,7-8,10,21H2,1H3,(H,24,27). The van der Waals surface area contributed by atoms with Crippen molar-refractivity contribution in [3.05, 3.63) is 70.2 Å². The molecule has 0 saturated heterocycles. The summed E-state index contributed by atoms with van der Waals surface area (Å²) in [5.74, 6) is 0.220. The first-order valence-electron chi connectivity index (χ1n) is 8.50. The van der Waals surface area contributed by atoms with E-state index in [0.717, 1.165) is 23.2 Å². The molecule has 3 N–H and O–H groups in total. The minimum atomic E-state index is -1.84. The Hall–Kier alpha value is -3.07. The summed E-state index contributed by atoms with van der Waals surface area (Å²) in [6.07, 6.45) is 1.70. The van der Waals surface area contributed by atoms with Crippen LogP contribution in [0.15, 0.2) is 53.1 Å². The highest BCUT2D eigenvalue weighted by Crippen LogP contribution is 2.20. The first-order valence-corrected chi connectivity index (χ1v) is 8.50. The molecule has 0 fully saturated rings. The lowest BCUT2D eigenvalue weighted by Gasteiger charge is -2.08. The summed E-state index contributed by atoms with van der Waals surface area (Å²) in [6, 6.07) is 7.64. The number of nitrogens with one attached hydrogen (secondary N) is 1. The van der Waals surface area contributed by atoms with E-state index in [1.165, 1.54) is 4.57 Å². The van der Waals surface area contributed by atoms with Gasteiger partial charge in [0.05, 0.1) is 12.7 Å². The van der Waals surface area contributed by atoms with Gasteiger partial charge >= 0.3 is 5.69 Å². The smallest absolute Gasteiger partial charge is 0.327 e. The fourth-order valence-electron chi connectivity index (χ4n) is 2.77. The quantitative estimate of drug-likeness (QED) is 0.663. The highest BCUT2D eigenvalue weighted by molar-refractivity contribution is 5.62. The maximum atomic E-state index is 12.9. The van der Waals surface area contributed by atoms with Gasteiger partial charge in [-0.1, -0.05) is 18.2 Å². The van der Waals surface area contributed by atoms with Crippen LogP contribution in [0, 0.1) is 0 Å². The third kappa shape index (κ3) is 4.20. The van der Waals surface area contributed by atoms with Crippen molar-refractivity contribution < 1.29 is 8.78 Å². The highest BCUT2D eigenvalue weighted by Gasteiger charge is 2.14. The van der Waals surface area contributed by atoms with E-state index in [1.54, 1.807) is 6.20 Å². The first-order chi connectivity index (χ1) is 13.0. The molecule has 7 nitrogen and oxygen atoms in total. The van der Waals surface area contributed by atoms with Gasteiger partial charge in [-0.15, -0.1) is 0 Å². The molecule has 0 aliphatic rings. The minimum absolute atomic E-state index is 0.180. The molecule has 1 aromatic carbocycles. The Kier molecular flexibility index (Phi) is 5.60. The van der Waals surface area contributed by atoms with Crippen molar-refractivity contribution in [2.24, 2.45) is 5.73 Å². The van der Waals surface area contributed by atoms with E-state index < -0.39 is 11.8 Å². The monoisotopic (exact) mass is 374 g/mol. The molecule has 3 aromatic rings. The van der Waals surface area contributed by atoms with E-state index >= 15 is 0 Å². The van der Waals surface area contributed by atoms with E-state index in [0.29, 0.717) is 0 Å². The maximum Gasteiger partial charge on any atom is 0.343 e. The lowest BCUT2D eigenvalue weighted by atomic mass is 10.1. The van der Waals surface area contributed by atoms with E-state index in [9.17, 15) is 13.6 Å². The zero-order valence-electron chi connectivity index (χ0n) is 14.8. The van der Waals surface area contributed by atoms with Crippen LogP contribution in [0.3, 0.4) is 0 Å². The van der Waals surface area contributed by atoms with E-state index in [1.807, 2.05) is 42.1 Å². The minimum Gasteiger partial charge on any atom is -0.327 e. The Bertz CT molecular complexity index is 1010. The molecule has 0 amide bonds. The van der Waals surface area contributed by atoms with Crippen LogP contribution in [0.25, 0.3) is 11.1 Å². The topological polar surface area (TPSA) is 94.5 Å². The zero-order chi connectivity index (χ0) is 19.4. The molecule has 0 radical (unpaired) electrons. The van der Waals surface area contributed by atoms with E-state index in [2.05, 4.69) is 15.3 Å². The Morgan fingerprint density at radius 1 is 1.30 bits per heavy atom. The van der Waals surface area contributed by atoms with Gasteiger partial charge in [0, 0.05) is 36.8 Å².